The van der Waals surface area contributed by atoms with Gasteiger partial charge in [-0.15, -0.1) is 0 Å². The van der Waals surface area contributed by atoms with E-state index >= 15 is 0 Å². The molecular formula is C21H22N2O4S. The van der Waals surface area contributed by atoms with Crippen LogP contribution in [0.1, 0.15) is 34.3 Å². The number of aryl methyl sites for hydroxylation is 1. The van der Waals surface area contributed by atoms with E-state index in [-0.39, 0.29) is 16.7 Å². The van der Waals surface area contributed by atoms with E-state index in [1.54, 1.807) is 43.3 Å². The molecule has 1 fully saturated rings. The molecule has 0 unspecified atom stereocenters. The second kappa shape index (κ2) is 7.98. The van der Waals surface area contributed by atoms with Gasteiger partial charge in [0, 0.05) is 29.6 Å². The molecule has 2 aromatic rings. The number of sulfone groups is 1. The van der Waals surface area contributed by atoms with Crippen LogP contribution >= 0.6 is 0 Å². The summed E-state index contributed by atoms with van der Waals surface area (Å²) < 4.78 is 23.4. The van der Waals surface area contributed by atoms with Gasteiger partial charge in [-0.2, -0.15) is 0 Å². The van der Waals surface area contributed by atoms with Crippen molar-refractivity contribution in [3.63, 3.8) is 0 Å². The molecule has 0 radical (unpaired) electrons. The highest BCUT2D eigenvalue weighted by Gasteiger charge is 2.23. The molecule has 1 saturated carbocycles. The summed E-state index contributed by atoms with van der Waals surface area (Å²) in [6.07, 6.45) is 6.19. The van der Waals surface area contributed by atoms with E-state index < -0.39 is 9.84 Å². The molecule has 3 rings (SSSR count). The SMILES string of the molecule is Cc1ccc(S(C)(=O)=O)cc1NC(=O)/C=C/c1ccc(C(=O)NC2CC2)cc1. The minimum absolute atomic E-state index is 0.0861. The van der Waals surface area contributed by atoms with Gasteiger partial charge in [-0.1, -0.05) is 18.2 Å². The number of amides is 2. The molecule has 28 heavy (non-hydrogen) atoms. The number of carbonyl (C=O) groups is 2. The first kappa shape index (κ1) is 19.8. The Morgan fingerprint density at radius 2 is 1.75 bits per heavy atom. The lowest BCUT2D eigenvalue weighted by Gasteiger charge is -2.08. The van der Waals surface area contributed by atoms with Gasteiger partial charge in [0.2, 0.25) is 5.91 Å². The molecule has 1 aliphatic rings. The summed E-state index contributed by atoms with van der Waals surface area (Å²) in [4.78, 5) is 24.3. The Hall–Kier alpha value is -2.93. The standard InChI is InChI=1S/C21H22N2O4S/c1-14-3-11-18(28(2,26)27)13-19(14)23-20(24)12-6-15-4-7-16(8-5-15)21(25)22-17-9-10-17/h3-8,11-13,17H,9-10H2,1-2H3,(H,22,25)(H,23,24)/b12-6+. The first-order valence-electron chi connectivity index (χ1n) is 8.93. The van der Waals surface area contributed by atoms with Crippen LogP contribution in [0.5, 0.6) is 0 Å². The average Bonchev–Trinajstić information content (AvgIpc) is 3.45. The third kappa shape index (κ3) is 5.29. The van der Waals surface area contributed by atoms with Gasteiger partial charge in [0.25, 0.3) is 5.91 Å². The second-order valence-corrected chi connectivity index (χ2v) is 8.96. The molecule has 0 spiro atoms. The summed E-state index contributed by atoms with van der Waals surface area (Å²) in [6.45, 7) is 1.79. The second-order valence-electron chi connectivity index (χ2n) is 6.94. The number of rotatable bonds is 6. The van der Waals surface area contributed by atoms with E-state index in [0.717, 1.165) is 30.2 Å². The third-order valence-electron chi connectivity index (χ3n) is 4.41. The molecule has 2 aromatic carbocycles. The van der Waals surface area contributed by atoms with Crippen molar-refractivity contribution in [2.45, 2.75) is 30.7 Å². The number of carbonyl (C=O) groups excluding carboxylic acids is 2. The van der Waals surface area contributed by atoms with Gasteiger partial charge < -0.3 is 10.6 Å². The molecule has 0 atom stereocenters. The topological polar surface area (TPSA) is 92.3 Å². The lowest BCUT2D eigenvalue weighted by molar-refractivity contribution is -0.111. The van der Waals surface area contributed by atoms with Crippen LogP contribution in [0.25, 0.3) is 6.08 Å². The van der Waals surface area contributed by atoms with Crippen LogP contribution in [0.2, 0.25) is 0 Å². The summed E-state index contributed by atoms with van der Waals surface area (Å²) in [6, 6.07) is 11.9. The maximum absolute atomic E-state index is 12.2. The molecule has 1 aliphatic carbocycles. The van der Waals surface area contributed by atoms with Crippen molar-refractivity contribution < 1.29 is 18.0 Å². The maximum atomic E-state index is 12.2. The predicted molar refractivity (Wildman–Crippen MR) is 109 cm³/mol. The zero-order valence-electron chi connectivity index (χ0n) is 15.7. The van der Waals surface area contributed by atoms with Crippen molar-refractivity contribution in [1.82, 2.24) is 5.32 Å². The summed E-state index contributed by atoms with van der Waals surface area (Å²) >= 11 is 0. The molecule has 0 heterocycles. The van der Waals surface area contributed by atoms with Crippen LogP contribution in [0, 0.1) is 6.92 Å². The van der Waals surface area contributed by atoms with Gasteiger partial charge in [-0.25, -0.2) is 8.42 Å². The molecule has 0 saturated heterocycles. The zero-order chi connectivity index (χ0) is 20.3. The van der Waals surface area contributed by atoms with Crippen molar-refractivity contribution in [2.75, 3.05) is 11.6 Å². The Labute approximate surface area is 164 Å². The lowest BCUT2D eigenvalue weighted by atomic mass is 10.1. The lowest BCUT2D eigenvalue weighted by Crippen LogP contribution is -2.25. The van der Waals surface area contributed by atoms with Gasteiger partial charge in [-0.05, 0) is 61.2 Å². The van der Waals surface area contributed by atoms with E-state index in [9.17, 15) is 18.0 Å². The minimum Gasteiger partial charge on any atom is -0.349 e. The Morgan fingerprint density at radius 3 is 2.36 bits per heavy atom. The Kier molecular flexibility index (Phi) is 5.65. The Balaban J connectivity index is 1.64. The van der Waals surface area contributed by atoms with Crippen molar-refractivity contribution >= 4 is 33.4 Å². The fourth-order valence-corrected chi connectivity index (χ4v) is 3.20. The number of hydrogen-bond donors (Lipinski definition) is 2. The van der Waals surface area contributed by atoms with Crippen molar-refractivity contribution in [3.05, 3.63) is 65.2 Å². The first-order chi connectivity index (χ1) is 13.2. The number of hydrogen-bond acceptors (Lipinski definition) is 4. The fraction of sp³-hybridized carbons (Fsp3) is 0.238. The van der Waals surface area contributed by atoms with Gasteiger partial charge >= 0.3 is 0 Å². The first-order valence-corrected chi connectivity index (χ1v) is 10.8. The molecule has 6 nitrogen and oxygen atoms in total. The van der Waals surface area contributed by atoms with E-state index in [2.05, 4.69) is 10.6 Å². The maximum Gasteiger partial charge on any atom is 0.251 e. The van der Waals surface area contributed by atoms with Crippen molar-refractivity contribution in [3.8, 4) is 0 Å². The van der Waals surface area contributed by atoms with Crippen LogP contribution in [0.15, 0.2) is 53.4 Å². The molecule has 146 valence electrons. The summed E-state index contributed by atoms with van der Waals surface area (Å²) in [5, 5.41) is 5.62. The molecule has 2 N–H and O–H groups in total. The normalized spacial score (nSPS) is 14.1. The van der Waals surface area contributed by atoms with Crippen LogP contribution in [0.3, 0.4) is 0 Å². The van der Waals surface area contributed by atoms with E-state index in [1.165, 1.54) is 18.2 Å². The quantitative estimate of drug-likeness (QED) is 0.732. The molecule has 7 heteroatoms. The average molecular weight is 398 g/mol. The zero-order valence-corrected chi connectivity index (χ0v) is 16.5. The summed E-state index contributed by atoms with van der Waals surface area (Å²) in [5.41, 5.74) is 2.58. The molecule has 0 aromatic heterocycles. The van der Waals surface area contributed by atoms with Gasteiger partial charge in [0.15, 0.2) is 9.84 Å². The monoisotopic (exact) mass is 398 g/mol. The van der Waals surface area contributed by atoms with Crippen molar-refractivity contribution in [2.24, 2.45) is 0 Å². The van der Waals surface area contributed by atoms with Crippen molar-refractivity contribution in [1.29, 1.82) is 0 Å². The highest BCUT2D eigenvalue weighted by Crippen LogP contribution is 2.21. The smallest absolute Gasteiger partial charge is 0.251 e. The fourth-order valence-electron chi connectivity index (χ4n) is 2.55. The van der Waals surface area contributed by atoms with E-state index in [1.807, 2.05) is 0 Å². The highest BCUT2D eigenvalue weighted by molar-refractivity contribution is 7.90. The van der Waals surface area contributed by atoms with Gasteiger partial charge in [0.05, 0.1) is 4.90 Å². The van der Waals surface area contributed by atoms with Gasteiger partial charge in [-0.3, -0.25) is 9.59 Å². The predicted octanol–water partition coefficient (Wildman–Crippen LogP) is 2.94. The van der Waals surface area contributed by atoms with Crippen LogP contribution in [-0.2, 0) is 14.6 Å². The molecule has 0 aliphatic heterocycles. The van der Waals surface area contributed by atoms with Crippen LogP contribution in [0.4, 0.5) is 5.69 Å². The highest BCUT2D eigenvalue weighted by atomic mass is 32.2. The summed E-state index contributed by atoms with van der Waals surface area (Å²) in [5.74, 6) is -0.457. The molecule has 0 bridgehead atoms. The van der Waals surface area contributed by atoms with E-state index in [4.69, 9.17) is 0 Å². The molecule has 2 amide bonds. The molecular weight excluding hydrogens is 376 g/mol. The number of benzene rings is 2. The van der Waals surface area contributed by atoms with E-state index in [0.29, 0.717) is 17.3 Å². The largest absolute Gasteiger partial charge is 0.349 e. The Morgan fingerprint density at radius 1 is 1.07 bits per heavy atom. The number of nitrogens with one attached hydrogen (secondary N) is 2. The third-order valence-corrected chi connectivity index (χ3v) is 5.52. The van der Waals surface area contributed by atoms with Gasteiger partial charge in [0.1, 0.15) is 0 Å². The van der Waals surface area contributed by atoms with Crippen LogP contribution < -0.4 is 10.6 Å². The van der Waals surface area contributed by atoms with Crippen LogP contribution in [-0.4, -0.2) is 32.5 Å². The summed E-state index contributed by atoms with van der Waals surface area (Å²) in [7, 11) is -3.35. The minimum atomic E-state index is -3.35. The number of anilines is 1. The Bertz CT molecular complexity index is 1040.